The van der Waals surface area contributed by atoms with Crippen LogP contribution in [0.15, 0.2) is 40.6 Å². The fourth-order valence-corrected chi connectivity index (χ4v) is 2.91. The van der Waals surface area contributed by atoms with E-state index in [-0.39, 0.29) is 11.3 Å². The number of aromatic nitrogens is 2. The lowest BCUT2D eigenvalue weighted by atomic mass is 10.1. The fourth-order valence-electron chi connectivity index (χ4n) is 2.31. The van der Waals surface area contributed by atoms with Gasteiger partial charge in [0.25, 0.3) is 11.5 Å². The van der Waals surface area contributed by atoms with Crippen molar-refractivity contribution in [3.05, 3.63) is 51.8 Å². The number of amides is 1. The lowest BCUT2D eigenvalue weighted by Crippen LogP contribution is -2.34. The van der Waals surface area contributed by atoms with Crippen LogP contribution in [-0.4, -0.2) is 27.6 Å². The summed E-state index contributed by atoms with van der Waals surface area (Å²) < 4.78 is 1.36. The molecule has 6 nitrogen and oxygen atoms in total. The first-order valence-corrected chi connectivity index (χ1v) is 7.38. The Morgan fingerprint density at radius 3 is 2.77 bits per heavy atom. The number of aromatic hydroxyl groups is 1. The van der Waals surface area contributed by atoms with Crippen LogP contribution < -0.4 is 10.5 Å². The number of carbonyl (C=O) groups excluding carboxylic acids is 1. The molecule has 2 aromatic heterocycles. The molecule has 0 aliphatic carbocycles. The van der Waals surface area contributed by atoms with Gasteiger partial charge in [0.15, 0.2) is 5.13 Å². The van der Waals surface area contributed by atoms with E-state index in [1.807, 2.05) is 0 Å². The highest BCUT2D eigenvalue weighted by Gasteiger charge is 2.25. The molecular weight excluding hydrogens is 302 g/mol. The lowest BCUT2D eigenvalue weighted by molar-refractivity contribution is 0.0988. The molecule has 1 aromatic carbocycles. The summed E-state index contributed by atoms with van der Waals surface area (Å²) in [7, 11) is 3.10. The molecule has 0 saturated carbocycles. The average Bonchev–Trinajstić information content (AvgIpc) is 3.06. The van der Waals surface area contributed by atoms with Gasteiger partial charge in [-0.2, -0.15) is 0 Å². The molecular formula is C15H13N3O3S. The van der Waals surface area contributed by atoms with E-state index in [4.69, 9.17) is 0 Å². The number of aryl methyl sites for hydroxylation is 1. The van der Waals surface area contributed by atoms with Crippen LogP contribution in [-0.2, 0) is 7.05 Å². The molecule has 0 aliphatic rings. The van der Waals surface area contributed by atoms with Crippen molar-refractivity contribution >= 4 is 33.3 Å². The molecule has 1 amide bonds. The number of nitrogens with zero attached hydrogens (tertiary/aromatic N) is 3. The summed E-state index contributed by atoms with van der Waals surface area (Å²) in [5, 5.41) is 13.0. The summed E-state index contributed by atoms with van der Waals surface area (Å²) in [6, 6.07) is 6.90. The monoisotopic (exact) mass is 315 g/mol. The second-order valence-corrected chi connectivity index (χ2v) is 5.66. The van der Waals surface area contributed by atoms with Crippen molar-refractivity contribution in [3.8, 4) is 5.75 Å². The highest BCUT2D eigenvalue weighted by Crippen LogP contribution is 2.27. The minimum atomic E-state index is -0.584. The van der Waals surface area contributed by atoms with Crippen molar-refractivity contribution in [1.29, 1.82) is 0 Å². The van der Waals surface area contributed by atoms with Gasteiger partial charge in [-0.1, -0.05) is 12.1 Å². The zero-order valence-electron chi connectivity index (χ0n) is 12.0. The third-order valence-electron chi connectivity index (χ3n) is 3.50. The average molecular weight is 315 g/mol. The predicted molar refractivity (Wildman–Crippen MR) is 85.7 cm³/mol. The van der Waals surface area contributed by atoms with Gasteiger partial charge in [0.1, 0.15) is 11.3 Å². The molecule has 3 aromatic rings. The Morgan fingerprint density at radius 2 is 2.09 bits per heavy atom. The van der Waals surface area contributed by atoms with Crippen LogP contribution in [0, 0.1) is 0 Å². The van der Waals surface area contributed by atoms with Crippen molar-refractivity contribution in [1.82, 2.24) is 9.55 Å². The van der Waals surface area contributed by atoms with E-state index in [2.05, 4.69) is 4.98 Å². The number of thiazole rings is 1. The molecule has 0 spiro atoms. The summed E-state index contributed by atoms with van der Waals surface area (Å²) in [6.45, 7) is 0. The molecule has 112 valence electrons. The van der Waals surface area contributed by atoms with Gasteiger partial charge >= 0.3 is 0 Å². The van der Waals surface area contributed by atoms with Gasteiger partial charge in [-0.05, 0) is 12.1 Å². The number of carbonyl (C=O) groups is 1. The van der Waals surface area contributed by atoms with Crippen LogP contribution in [0.4, 0.5) is 5.13 Å². The third kappa shape index (κ3) is 2.06. The van der Waals surface area contributed by atoms with Gasteiger partial charge in [0.05, 0.1) is 5.52 Å². The number of hydrogen-bond acceptors (Lipinski definition) is 5. The van der Waals surface area contributed by atoms with E-state index in [0.29, 0.717) is 16.0 Å². The maximum Gasteiger partial charge on any atom is 0.269 e. The van der Waals surface area contributed by atoms with E-state index in [9.17, 15) is 14.7 Å². The van der Waals surface area contributed by atoms with Crippen LogP contribution in [0.1, 0.15) is 10.4 Å². The first-order valence-electron chi connectivity index (χ1n) is 6.50. The van der Waals surface area contributed by atoms with Gasteiger partial charge < -0.3 is 9.67 Å². The molecule has 0 bridgehead atoms. The molecule has 3 rings (SSSR count). The van der Waals surface area contributed by atoms with Gasteiger partial charge in [-0.25, -0.2) is 4.98 Å². The van der Waals surface area contributed by atoms with E-state index >= 15 is 0 Å². The summed E-state index contributed by atoms with van der Waals surface area (Å²) in [5.74, 6) is -0.883. The molecule has 0 radical (unpaired) electrons. The zero-order chi connectivity index (χ0) is 15.9. The van der Waals surface area contributed by atoms with Gasteiger partial charge in [0, 0.05) is 31.1 Å². The third-order valence-corrected chi connectivity index (χ3v) is 4.35. The quantitative estimate of drug-likeness (QED) is 0.784. The van der Waals surface area contributed by atoms with Crippen molar-refractivity contribution in [2.45, 2.75) is 0 Å². The Morgan fingerprint density at radius 1 is 1.36 bits per heavy atom. The molecule has 0 aliphatic heterocycles. The molecule has 0 unspecified atom stereocenters. The van der Waals surface area contributed by atoms with E-state index in [1.54, 1.807) is 42.9 Å². The summed E-state index contributed by atoms with van der Waals surface area (Å²) in [6.07, 6.45) is 1.57. The van der Waals surface area contributed by atoms with Crippen LogP contribution >= 0.6 is 11.3 Å². The first kappa shape index (κ1) is 14.3. The zero-order valence-corrected chi connectivity index (χ0v) is 12.8. The summed E-state index contributed by atoms with van der Waals surface area (Å²) in [5.41, 5.74) is -0.220. The van der Waals surface area contributed by atoms with Gasteiger partial charge in [0.2, 0.25) is 0 Å². The van der Waals surface area contributed by atoms with Gasteiger partial charge in [-0.3, -0.25) is 14.5 Å². The Bertz CT molecular complexity index is 916. The number of anilines is 1. The number of pyridine rings is 1. The molecule has 0 fully saturated rings. The molecule has 22 heavy (non-hydrogen) atoms. The molecule has 0 saturated heterocycles. The summed E-state index contributed by atoms with van der Waals surface area (Å²) in [4.78, 5) is 30.4. The Labute approximate surface area is 129 Å². The van der Waals surface area contributed by atoms with Crippen LogP contribution in [0.25, 0.3) is 10.9 Å². The minimum absolute atomic E-state index is 0.251. The first-order chi connectivity index (χ1) is 10.5. The summed E-state index contributed by atoms with van der Waals surface area (Å²) >= 11 is 1.28. The number of benzene rings is 1. The highest BCUT2D eigenvalue weighted by atomic mass is 32.1. The number of rotatable bonds is 2. The Hall–Kier alpha value is -2.67. The SMILES string of the molecule is CN(C(=O)c1c(O)c2ccccc2n(C)c1=O)c1nccs1. The second-order valence-electron chi connectivity index (χ2n) is 4.78. The largest absolute Gasteiger partial charge is 0.506 e. The maximum absolute atomic E-state index is 12.6. The topological polar surface area (TPSA) is 75.4 Å². The normalized spacial score (nSPS) is 10.8. The Balaban J connectivity index is 2.23. The number of hydrogen-bond donors (Lipinski definition) is 1. The van der Waals surface area contributed by atoms with E-state index in [0.717, 1.165) is 0 Å². The molecule has 0 atom stereocenters. The number of fused-ring (bicyclic) bond motifs is 1. The molecule has 7 heteroatoms. The van der Waals surface area contributed by atoms with Crippen molar-refractivity contribution in [2.24, 2.45) is 7.05 Å². The highest BCUT2D eigenvalue weighted by molar-refractivity contribution is 7.13. The van der Waals surface area contributed by atoms with E-state index in [1.165, 1.54) is 27.9 Å². The second kappa shape index (κ2) is 5.27. The molecule has 1 N–H and O–H groups in total. The predicted octanol–water partition coefficient (Wildman–Crippen LogP) is 1.98. The fraction of sp³-hybridized carbons (Fsp3) is 0.133. The van der Waals surface area contributed by atoms with Crippen LogP contribution in [0.3, 0.4) is 0 Å². The van der Waals surface area contributed by atoms with E-state index < -0.39 is 11.5 Å². The Kier molecular flexibility index (Phi) is 3.42. The van der Waals surface area contributed by atoms with Crippen LogP contribution in [0.2, 0.25) is 0 Å². The standard InChI is InChI=1S/C15H13N3O3S/c1-17-10-6-4-3-5-9(10)12(19)11(13(17)20)14(21)18(2)15-16-7-8-22-15/h3-8,19H,1-2H3. The number of para-hydroxylation sites is 1. The van der Waals surface area contributed by atoms with Crippen LogP contribution in [0.5, 0.6) is 5.75 Å². The van der Waals surface area contributed by atoms with Crippen molar-refractivity contribution in [3.63, 3.8) is 0 Å². The van der Waals surface area contributed by atoms with Crippen molar-refractivity contribution in [2.75, 3.05) is 11.9 Å². The van der Waals surface area contributed by atoms with Crippen molar-refractivity contribution < 1.29 is 9.90 Å². The lowest BCUT2D eigenvalue weighted by Gasteiger charge is -2.16. The molecule has 2 heterocycles. The maximum atomic E-state index is 12.6. The minimum Gasteiger partial charge on any atom is -0.506 e. The van der Waals surface area contributed by atoms with Gasteiger partial charge in [-0.15, -0.1) is 11.3 Å². The smallest absolute Gasteiger partial charge is 0.269 e.